The van der Waals surface area contributed by atoms with Crippen LogP contribution in [0.25, 0.3) is 16.7 Å². The SMILES string of the molecule is COc1cccc(NC(=O)CSc2nc3cc(C)[nH]c3c(=O)n2-c2ccccc2)c1. The lowest BCUT2D eigenvalue weighted by Gasteiger charge is -2.12. The summed E-state index contributed by atoms with van der Waals surface area (Å²) in [5, 5.41) is 3.30. The van der Waals surface area contributed by atoms with Crippen molar-refractivity contribution in [2.24, 2.45) is 0 Å². The highest BCUT2D eigenvalue weighted by Crippen LogP contribution is 2.22. The summed E-state index contributed by atoms with van der Waals surface area (Å²) < 4.78 is 6.71. The molecule has 2 aromatic carbocycles. The lowest BCUT2D eigenvalue weighted by molar-refractivity contribution is -0.113. The Balaban J connectivity index is 1.63. The topological polar surface area (TPSA) is 89.0 Å². The van der Waals surface area contributed by atoms with Crippen molar-refractivity contribution in [1.82, 2.24) is 14.5 Å². The van der Waals surface area contributed by atoms with E-state index in [0.29, 0.717) is 33.3 Å². The van der Waals surface area contributed by atoms with Gasteiger partial charge in [-0.25, -0.2) is 4.98 Å². The molecular formula is C22H20N4O3S. The van der Waals surface area contributed by atoms with E-state index in [1.807, 2.05) is 43.3 Å². The number of nitrogens with zero attached hydrogens (tertiary/aromatic N) is 2. The average Bonchev–Trinajstić information content (AvgIpc) is 3.13. The molecular weight excluding hydrogens is 400 g/mol. The van der Waals surface area contributed by atoms with Crippen molar-refractivity contribution in [3.63, 3.8) is 0 Å². The monoisotopic (exact) mass is 420 g/mol. The van der Waals surface area contributed by atoms with E-state index < -0.39 is 0 Å². The Morgan fingerprint density at radius 1 is 1.17 bits per heavy atom. The first-order valence-corrected chi connectivity index (χ1v) is 10.3. The maximum absolute atomic E-state index is 13.1. The van der Waals surface area contributed by atoms with Crippen molar-refractivity contribution in [1.29, 1.82) is 0 Å². The number of amides is 1. The van der Waals surface area contributed by atoms with Crippen LogP contribution in [0.2, 0.25) is 0 Å². The number of hydrogen-bond donors (Lipinski definition) is 2. The highest BCUT2D eigenvalue weighted by Gasteiger charge is 2.16. The molecule has 0 fully saturated rings. The van der Waals surface area contributed by atoms with Crippen molar-refractivity contribution in [2.75, 3.05) is 18.2 Å². The molecule has 4 rings (SSSR count). The first kappa shape index (κ1) is 19.8. The van der Waals surface area contributed by atoms with E-state index in [2.05, 4.69) is 15.3 Å². The van der Waals surface area contributed by atoms with Gasteiger partial charge in [-0.1, -0.05) is 36.0 Å². The molecule has 152 valence electrons. The number of H-pyrrole nitrogens is 1. The number of methoxy groups -OCH3 is 1. The Kier molecular flexibility index (Phi) is 5.58. The Hall–Kier alpha value is -3.52. The first-order valence-electron chi connectivity index (χ1n) is 9.29. The van der Waals surface area contributed by atoms with Crippen molar-refractivity contribution in [3.8, 4) is 11.4 Å². The number of aryl methyl sites for hydroxylation is 1. The van der Waals surface area contributed by atoms with Crippen LogP contribution in [0.1, 0.15) is 5.69 Å². The van der Waals surface area contributed by atoms with Gasteiger partial charge in [-0.3, -0.25) is 14.2 Å². The second-order valence-corrected chi connectivity index (χ2v) is 7.59. The summed E-state index contributed by atoms with van der Waals surface area (Å²) in [6, 6.07) is 18.2. The molecule has 2 heterocycles. The second-order valence-electron chi connectivity index (χ2n) is 6.65. The molecule has 0 saturated heterocycles. The molecule has 0 bridgehead atoms. The van der Waals surface area contributed by atoms with Gasteiger partial charge in [0, 0.05) is 17.4 Å². The molecule has 0 radical (unpaired) electrons. The molecule has 0 atom stereocenters. The van der Waals surface area contributed by atoms with E-state index in [0.717, 1.165) is 5.69 Å². The molecule has 0 unspecified atom stereocenters. The fourth-order valence-electron chi connectivity index (χ4n) is 3.11. The summed E-state index contributed by atoms with van der Waals surface area (Å²) in [6.45, 7) is 1.88. The standard InChI is InChI=1S/C22H20N4O3S/c1-14-11-18-20(23-14)21(28)26(16-8-4-3-5-9-16)22(25-18)30-13-19(27)24-15-7-6-10-17(12-15)29-2/h3-12,23H,13H2,1-2H3,(H,24,27). The number of ether oxygens (including phenoxy) is 1. The molecule has 2 N–H and O–H groups in total. The van der Waals surface area contributed by atoms with Crippen molar-refractivity contribution >= 4 is 34.4 Å². The molecule has 0 aliphatic rings. The summed E-state index contributed by atoms with van der Waals surface area (Å²) in [4.78, 5) is 33.3. The fourth-order valence-corrected chi connectivity index (χ4v) is 3.92. The number of carbonyl (C=O) groups excluding carboxylic acids is 1. The molecule has 7 nitrogen and oxygen atoms in total. The van der Waals surface area contributed by atoms with E-state index in [1.165, 1.54) is 16.3 Å². The highest BCUT2D eigenvalue weighted by molar-refractivity contribution is 7.99. The second kappa shape index (κ2) is 8.46. The van der Waals surface area contributed by atoms with Crippen molar-refractivity contribution in [3.05, 3.63) is 76.7 Å². The number of rotatable bonds is 6. The third-order valence-electron chi connectivity index (χ3n) is 4.46. The predicted molar refractivity (Wildman–Crippen MR) is 119 cm³/mol. The number of aromatic amines is 1. The number of anilines is 1. The molecule has 0 spiro atoms. The van der Waals surface area contributed by atoms with Gasteiger partial charge in [0.2, 0.25) is 5.91 Å². The van der Waals surface area contributed by atoms with Gasteiger partial charge in [0.05, 0.1) is 24.1 Å². The first-order chi connectivity index (χ1) is 14.5. The smallest absolute Gasteiger partial charge is 0.283 e. The van der Waals surface area contributed by atoms with Crippen molar-refractivity contribution in [2.45, 2.75) is 12.1 Å². The molecule has 0 saturated carbocycles. The van der Waals surface area contributed by atoms with Gasteiger partial charge in [-0.15, -0.1) is 0 Å². The summed E-state index contributed by atoms with van der Waals surface area (Å²) in [6.07, 6.45) is 0. The maximum atomic E-state index is 13.1. The van der Waals surface area contributed by atoms with Gasteiger partial charge in [-0.2, -0.15) is 0 Å². The normalized spacial score (nSPS) is 10.9. The molecule has 4 aromatic rings. The van der Waals surface area contributed by atoms with E-state index in [-0.39, 0.29) is 17.2 Å². The lowest BCUT2D eigenvalue weighted by atomic mass is 10.3. The Bertz CT molecular complexity index is 1260. The van der Waals surface area contributed by atoms with Crippen LogP contribution in [0, 0.1) is 6.92 Å². The van der Waals surface area contributed by atoms with Crippen LogP contribution in [-0.4, -0.2) is 33.3 Å². The highest BCUT2D eigenvalue weighted by atomic mass is 32.2. The molecule has 0 aliphatic heterocycles. The lowest BCUT2D eigenvalue weighted by Crippen LogP contribution is -2.23. The van der Waals surface area contributed by atoms with Gasteiger partial charge < -0.3 is 15.0 Å². The molecule has 30 heavy (non-hydrogen) atoms. The summed E-state index contributed by atoms with van der Waals surface area (Å²) in [5.74, 6) is 0.562. The number of thioether (sulfide) groups is 1. The number of benzene rings is 2. The van der Waals surface area contributed by atoms with E-state index >= 15 is 0 Å². The largest absolute Gasteiger partial charge is 0.497 e. The molecule has 0 aliphatic carbocycles. The number of para-hydroxylation sites is 1. The maximum Gasteiger partial charge on any atom is 0.283 e. The number of hydrogen-bond acceptors (Lipinski definition) is 5. The zero-order valence-electron chi connectivity index (χ0n) is 16.5. The van der Waals surface area contributed by atoms with Crippen LogP contribution in [0.4, 0.5) is 5.69 Å². The fraction of sp³-hybridized carbons (Fsp3) is 0.136. The van der Waals surface area contributed by atoms with Gasteiger partial charge >= 0.3 is 0 Å². The molecule has 8 heteroatoms. The van der Waals surface area contributed by atoms with Gasteiger partial charge in [0.15, 0.2) is 5.16 Å². The van der Waals surface area contributed by atoms with Gasteiger partial charge in [0.25, 0.3) is 5.56 Å². The van der Waals surface area contributed by atoms with Crippen LogP contribution in [-0.2, 0) is 4.79 Å². The van der Waals surface area contributed by atoms with Crippen LogP contribution in [0.15, 0.2) is 70.6 Å². The summed E-state index contributed by atoms with van der Waals surface area (Å²) in [7, 11) is 1.57. The zero-order chi connectivity index (χ0) is 21.1. The van der Waals surface area contributed by atoms with Gasteiger partial charge in [0.1, 0.15) is 11.3 Å². The quantitative estimate of drug-likeness (QED) is 0.366. The number of fused-ring (bicyclic) bond motifs is 1. The Morgan fingerprint density at radius 2 is 1.97 bits per heavy atom. The molecule has 1 amide bonds. The van der Waals surface area contributed by atoms with E-state index in [4.69, 9.17) is 4.74 Å². The Morgan fingerprint density at radius 3 is 2.73 bits per heavy atom. The molecule has 2 aromatic heterocycles. The van der Waals surface area contributed by atoms with E-state index in [1.54, 1.807) is 31.4 Å². The number of aromatic nitrogens is 3. The minimum Gasteiger partial charge on any atom is -0.497 e. The third-order valence-corrected chi connectivity index (χ3v) is 5.39. The van der Waals surface area contributed by atoms with E-state index in [9.17, 15) is 9.59 Å². The van der Waals surface area contributed by atoms with Crippen molar-refractivity contribution < 1.29 is 9.53 Å². The van der Waals surface area contributed by atoms with Crippen LogP contribution in [0.3, 0.4) is 0 Å². The van der Waals surface area contributed by atoms with Crippen LogP contribution < -0.4 is 15.6 Å². The zero-order valence-corrected chi connectivity index (χ0v) is 17.3. The van der Waals surface area contributed by atoms with Crippen LogP contribution >= 0.6 is 11.8 Å². The predicted octanol–water partition coefficient (Wildman–Crippen LogP) is 3.76. The van der Waals surface area contributed by atoms with Crippen LogP contribution in [0.5, 0.6) is 5.75 Å². The number of nitrogens with one attached hydrogen (secondary N) is 2. The average molecular weight is 420 g/mol. The Labute approximate surface area is 177 Å². The number of carbonyl (C=O) groups is 1. The summed E-state index contributed by atoms with van der Waals surface area (Å²) >= 11 is 1.21. The minimum atomic E-state index is -0.201. The third kappa shape index (κ3) is 4.08. The van der Waals surface area contributed by atoms with Gasteiger partial charge in [-0.05, 0) is 37.3 Å². The minimum absolute atomic E-state index is 0.103. The summed E-state index contributed by atoms with van der Waals surface area (Å²) in [5.41, 5.74) is 3.02.